The van der Waals surface area contributed by atoms with Crippen molar-refractivity contribution in [1.29, 1.82) is 5.26 Å². The molecule has 0 aliphatic carbocycles. The number of nitrogens with zero attached hydrogens (tertiary/aromatic N) is 3. The first-order chi connectivity index (χ1) is 9.41. The van der Waals surface area contributed by atoms with E-state index in [1.165, 1.54) is 12.3 Å². The Labute approximate surface area is 110 Å². The zero-order valence-electron chi connectivity index (χ0n) is 9.74. The maximum absolute atomic E-state index is 13.5. The molecule has 2 rings (SSSR count). The predicted octanol–water partition coefficient (Wildman–Crippen LogP) is 3.25. The number of aromatic nitrogens is 2. The third-order valence-corrected chi connectivity index (χ3v) is 2.39. The molecule has 0 saturated carbocycles. The maximum atomic E-state index is 13.5. The van der Waals surface area contributed by atoms with Crippen molar-refractivity contribution in [2.75, 3.05) is 5.32 Å². The van der Waals surface area contributed by atoms with Crippen LogP contribution in [-0.4, -0.2) is 10.2 Å². The quantitative estimate of drug-likeness (QED) is 0.859. The monoisotopic (exact) mass is 282 g/mol. The molecule has 1 N–H and O–H groups in total. The highest BCUT2D eigenvalue weighted by Gasteiger charge is 2.31. The molecule has 0 aliphatic rings. The molecule has 0 atom stereocenters. The molecule has 102 valence electrons. The zero-order valence-corrected chi connectivity index (χ0v) is 9.74. The molecule has 20 heavy (non-hydrogen) atoms. The van der Waals surface area contributed by atoms with Gasteiger partial charge in [-0.2, -0.15) is 23.5 Å². The van der Waals surface area contributed by atoms with Gasteiger partial charge in [-0.3, -0.25) is 0 Å². The number of halogens is 4. The summed E-state index contributed by atoms with van der Waals surface area (Å²) in [5.74, 6) is -1.01. The van der Waals surface area contributed by atoms with Gasteiger partial charge >= 0.3 is 6.18 Å². The minimum absolute atomic E-state index is 0.0387. The minimum atomic E-state index is -4.59. The number of nitriles is 1. The Bertz CT molecular complexity index is 676. The summed E-state index contributed by atoms with van der Waals surface area (Å²) in [5, 5.41) is 18.2. The lowest BCUT2D eigenvalue weighted by Gasteiger charge is -2.11. The molecule has 0 aliphatic heterocycles. The zero-order chi connectivity index (χ0) is 14.8. The first-order valence-corrected chi connectivity index (χ1v) is 5.27. The van der Waals surface area contributed by atoms with E-state index < -0.39 is 23.2 Å². The summed E-state index contributed by atoms with van der Waals surface area (Å²) in [6, 6.07) is 4.99. The Morgan fingerprint density at radius 2 is 1.95 bits per heavy atom. The van der Waals surface area contributed by atoms with Gasteiger partial charge in [-0.05, 0) is 24.3 Å². The van der Waals surface area contributed by atoms with Crippen molar-refractivity contribution in [1.82, 2.24) is 10.2 Å². The average molecular weight is 282 g/mol. The third-order valence-electron chi connectivity index (χ3n) is 2.39. The van der Waals surface area contributed by atoms with Gasteiger partial charge in [0.2, 0.25) is 0 Å². The maximum Gasteiger partial charge on any atom is 0.416 e. The highest BCUT2D eigenvalue weighted by atomic mass is 19.4. The van der Waals surface area contributed by atoms with Crippen molar-refractivity contribution in [2.24, 2.45) is 0 Å². The van der Waals surface area contributed by atoms with Crippen LogP contribution < -0.4 is 5.32 Å². The fourth-order valence-electron chi connectivity index (χ4n) is 1.44. The van der Waals surface area contributed by atoms with Gasteiger partial charge in [0.1, 0.15) is 11.9 Å². The Morgan fingerprint density at radius 3 is 2.60 bits per heavy atom. The lowest BCUT2D eigenvalue weighted by Crippen LogP contribution is -2.07. The molecule has 0 saturated heterocycles. The van der Waals surface area contributed by atoms with Gasteiger partial charge in [0.15, 0.2) is 5.82 Å². The number of benzene rings is 1. The van der Waals surface area contributed by atoms with Crippen LogP contribution in [0.4, 0.5) is 29.1 Å². The van der Waals surface area contributed by atoms with E-state index in [2.05, 4.69) is 15.5 Å². The van der Waals surface area contributed by atoms with E-state index in [4.69, 9.17) is 5.26 Å². The van der Waals surface area contributed by atoms with Gasteiger partial charge in [0, 0.05) is 0 Å². The second-order valence-corrected chi connectivity index (χ2v) is 3.72. The lowest BCUT2D eigenvalue weighted by molar-refractivity contribution is -0.137. The Hall–Kier alpha value is -2.69. The average Bonchev–Trinajstić information content (AvgIpc) is 2.40. The predicted molar refractivity (Wildman–Crippen MR) is 61.4 cm³/mol. The summed E-state index contributed by atoms with van der Waals surface area (Å²) in [5.41, 5.74) is -1.41. The summed E-state index contributed by atoms with van der Waals surface area (Å²) in [6.45, 7) is 0. The van der Waals surface area contributed by atoms with Crippen molar-refractivity contribution in [3.05, 3.63) is 47.4 Å². The van der Waals surface area contributed by atoms with Crippen molar-refractivity contribution in [3.63, 3.8) is 0 Å². The molecule has 0 unspecified atom stereocenters. The van der Waals surface area contributed by atoms with E-state index in [9.17, 15) is 17.6 Å². The SMILES string of the molecule is N#Cc1ccnnc1Nc1cc(C(F)(F)F)ccc1F. The van der Waals surface area contributed by atoms with Crippen LogP contribution in [0.5, 0.6) is 0 Å². The van der Waals surface area contributed by atoms with Crippen molar-refractivity contribution in [2.45, 2.75) is 6.18 Å². The second kappa shape index (κ2) is 5.13. The first-order valence-electron chi connectivity index (χ1n) is 5.27. The lowest BCUT2D eigenvalue weighted by atomic mass is 10.2. The second-order valence-electron chi connectivity index (χ2n) is 3.72. The van der Waals surface area contributed by atoms with Crippen LogP contribution >= 0.6 is 0 Å². The van der Waals surface area contributed by atoms with E-state index in [1.807, 2.05) is 0 Å². The van der Waals surface area contributed by atoms with Crippen LogP contribution in [0.2, 0.25) is 0 Å². The van der Waals surface area contributed by atoms with Gasteiger partial charge in [-0.25, -0.2) is 4.39 Å². The molecule has 0 fully saturated rings. The molecule has 1 heterocycles. The largest absolute Gasteiger partial charge is 0.416 e. The number of alkyl halides is 3. The van der Waals surface area contributed by atoms with Gasteiger partial charge in [0.05, 0.1) is 23.0 Å². The van der Waals surface area contributed by atoms with E-state index in [1.54, 1.807) is 6.07 Å². The number of hydrogen-bond acceptors (Lipinski definition) is 4. The molecule has 8 heteroatoms. The van der Waals surface area contributed by atoms with Gasteiger partial charge in [-0.1, -0.05) is 0 Å². The summed E-state index contributed by atoms with van der Waals surface area (Å²) in [4.78, 5) is 0. The summed E-state index contributed by atoms with van der Waals surface area (Å²) >= 11 is 0. The summed E-state index contributed by atoms with van der Waals surface area (Å²) in [7, 11) is 0. The Morgan fingerprint density at radius 1 is 1.20 bits per heavy atom. The molecule has 0 amide bonds. The Balaban J connectivity index is 2.41. The standard InChI is InChI=1S/C12H6F4N4/c13-9-2-1-8(12(14,15)16)5-10(9)19-11-7(6-17)3-4-18-20-11/h1-5H,(H,19,20). The van der Waals surface area contributed by atoms with E-state index in [0.717, 1.165) is 0 Å². The molecular formula is C12H6F4N4. The molecule has 2 aromatic rings. The van der Waals surface area contributed by atoms with E-state index in [-0.39, 0.29) is 11.4 Å². The topological polar surface area (TPSA) is 61.6 Å². The Kier molecular flexibility index (Phi) is 3.52. The van der Waals surface area contributed by atoms with Crippen molar-refractivity contribution >= 4 is 11.5 Å². The number of nitrogens with one attached hydrogen (secondary N) is 1. The fraction of sp³-hybridized carbons (Fsp3) is 0.0833. The first kappa shape index (κ1) is 13.7. The van der Waals surface area contributed by atoms with Crippen LogP contribution in [0.1, 0.15) is 11.1 Å². The molecule has 4 nitrogen and oxygen atoms in total. The van der Waals surface area contributed by atoms with Crippen molar-refractivity contribution < 1.29 is 17.6 Å². The number of hydrogen-bond donors (Lipinski definition) is 1. The van der Waals surface area contributed by atoms with Crippen LogP contribution in [0, 0.1) is 17.1 Å². The highest BCUT2D eigenvalue weighted by Crippen LogP contribution is 2.32. The minimum Gasteiger partial charge on any atom is -0.335 e. The smallest absolute Gasteiger partial charge is 0.335 e. The van der Waals surface area contributed by atoms with Crippen LogP contribution in [-0.2, 0) is 6.18 Å². The van der Waals surface area contributed by atoms with Crippen LogP contribution in [0.25, 0.3) is 0 Å². The van der Waals surface area contributed by atoms with Crippen molar-refractivity contribution in [3.8, 4) is 6.07 Å². The summed E-state index contributed by atoms with van der Waals surface area (Å²) in [6.07, 6.45) is -3.35. The summed E-state index contributed by atoms with van der Waals surface area (Å²) < 4.78 is 51.2. The number of anilines is 2. The van der Waals surface area contributed by atoms with Crippen LogP contribution in [0.3, 0.4) is 0 Å². The van der Waals surface area contributed by atoms with Crippen LogP contribution in [0.15, 0.2) is 30.5 Å². The normalized spacial score (nSPS) is 10.9. The third kappa shape index (κ3) is 2.83. The molecule has 0 bridgehead atoms. The molecule has 0 radical (unpaired) electrons. The number of rotatable bonds is 2. The van der Waals surface area contributed by atoms with E-state index in [0.29, 0.717) is 18.2 Å². The van der Waals surface area contributed by atoms with Gasteiger partial charge in [-0.15, -0.1) is 5.10 Å². The van der Waals surface area contributed by atoms with E-state index >= 15 is 0 Å². The molecule has 1 aromatic carbocycles. The molecule has 1 aromatic heterocycles. The molecule has 0 spiro atoms. The highest BCUT2D eigenvalue weighted by molar-refractivity contribution is 5.63. The van der Waals surface area contributed by atoms with Gasteiger partial charge < -0.3 is 5.32 Å². The fourth-order valence-corrected chi connectivity index (χ4v) is 1.44. The van der Waals surface area contributed by atoms with Gasteiger partial charge in [0.25, 0.3) is 0 Å². The molecular weight excluding hydrogens is 276 g/mol.